The number of anilines is 1. The van der Waals surface area contributed by atoms with Gasteiger partial charge in [-0.15, -0.1) is 0 Å². The van der Waals surface area contributed by atoms with Crippen molar-refractivity contribution in [3.8, 4) is 11.1 Å². The molecule has 0 aromatic heterocycles. The molecule has 0 aliphatic carbocycles. The van der Waals surface area contributed by atoms with E-state index in [1.807, 2.05) is 49.4 Å². The van der Waals surface area contributed by atoms with Crippen LogP contribution in [0, 0.1) is 5.82 Å². The zero-order valence-corrected chi connectivity index (χ0v) is 14.9. The summed E-state index contributed by atoms with van der Waals surface area (Å²) in [6.45, 7) is 1.89. The number of halogens is 1. The number of hydrazone groups is 1. The van der Waals surface area contributed by atoms with Gasteiger partial charge in [-0.1, -0.05) is 54.6 Å². The van der Waals surface area contributed by atoms with Gasteiger partial charge in [0.05, 0.1) is 12.3 Å². The molecule has 0 heterocycles. The van der Waals surface area contributed by atoms with Gasteiger partial charge < -0.3 is 5.32 Å². The van der Waals surface area contributed by atoms with Crippen LogP contribution < -0.4 is 10.7 Å². The van der Waals surface area contributed by atoms with Crippen LogP contribution in [0.15, 0.2) is 84.0 Å². The fourth-order valence-corrected chi connectivity index (χ4v) is 2.53. The van der Waals surface area contributed by atoms with Crippen molar-refractivity contribution in [1.29, 1.82) is 0 Å². The van der Waals surface area contributed by atoms with Crippen LogP contribution in [0.5, 0.6) is 0 Å². The lowest BCUT2D eigenvalue weighted by molar-refractivity contribution is -0.119. The van der Waals surface area contributed by atoms with Gasteiger partial charge in [0.2, 0.25) is 0 Å². The van der Waals surface area contributed by atoms with E-state index < -0.39 is 0 Å². The number of nitrogens with zero attached hydrogens (tertiary/aromatic N) is 1. The van der Waals surface area contributed by atoms with E-state index in [-0.39, 0.29) is 18.3 Å². The molecule has 2 N–H and O–H groups in total. The molecule has 0 fully saturated rings. The third-order valence-electron chi connectivity index (χ3n) is 4.06. The van der Waals surface area contributed by atoms with Crippen molar-refractivity contribution in [2.75, 3.05) is 11.9 Å². The zero-order chi connectivity index (χ0) is 19.1. The zero-order valence-electron chi connectivity index (χ0n) is 14.9. The van der Waals surface area contributed by atoms with Crippen molar-refractivity contribution in [3.63, 3.8) is 0 Å². The highest BCUT2D eigenvalue weighted by Gasteiger charge is 2.03. The number of carbonyl (C=O) groups is 1. The lowest BCUT2D eigenvalue weighted by Gasteiger charge is -2.07. The molecule has 0 atom stereocenters. The van der Waals surface area contributed by atoms with Crippen LogP contribution in [0.25, 0.3) is 11.1 Å². The smallest absolute Gasteiger partial charge is 0.259 e. The Bertz CT molecular complexity index is 920. The standard InChI is InChI=1S/C22H20FN3O/c1-16(17-7-9-19(10-8-17)18-5-3-2-4-6-18)25-26-22(27)15-24-21-13-11-20(23)12-14-21/h2-14,24H,15H2,1H3,(H,26,27)/b25-16+. The molecule has 0 aliphatic heterocycles. The monoisotopic (exact) mass is 361 g/mol. The minimum absolute atomic E-state index is 0.0509. The first-order chi connectivity index (χ1) is 13.1. The maximum absolute atomic E-state index is 12.9. The SMILES string of the molecule is C/C(=N\NC(=O)CNc1ccc(F)cc1)c1ccc(-c2ccccc2)cc1. The van der Waals surface area contributed by atoms with E-state index in [9.17, 15) is 9.18 Å². The van der Waals surface area contributed by atoms with Gasteiger partial charge in [0, 0.05) is 5.69 Å². The average Bonchev–Trinajstić information content (AvgIpc) is 2.72. The lowest BCUT2D eigenvalue weighted by atomic mass is 10.0. The summed E-state index contributed by atoms with van der Waals surface area (Å²) in [7, 11) is 0. The summed E-state index contributed by atoms with van der Waals surface area (Å²) >= 11 is 0. The maximum Gasteiger partial charge on any atom is 0.259 e. The van der Waals surface area contributed by atoms with Gasteiger partial charge in [0.1, 0.15) is 5.82 Å². The first kappa shape index (κ1) is 18.3. The molecule has 0 aliphatic rings. The molecule has 136 valence electrons. The number of nitrogens with one attached hydrogen (secondary N) is 2. The Morgan fingerprint density at radius 2 is 1.52 bits per heavy atom. The second-order valence-corrected chi connectivity index (χ2v) is 6.04. The van der Waals surface area contributed by atoms with E-state index in [1.165, 1.54) is 12.1 Å². The van der Waals surface area contributed by atoms with Crippen molar-refractivity contribution in [2.24, 2.45) is 5.10 Å². The molecule has 0 spiro atoms. The van der Waals surface area contributed by atoms with Crippen LogP contribution in [0.1, 0.15) is 12.5 Å². The van der Waals surface area contributed by atoms with E-state index in [2.05, 4.69) is 28.0 Å². The van der Waals surface area contributed by atoms with E-state index in [1.54, 1.807) is 12.1 Å². The van der Waals surface area contributed by atoms with Crippen LogP contribution in [-0.2, 0) is 4.79 Å². The Morgan fingerprint density at radius 3 is 2.19 bits per heavy atom. The molecule has 3 aromatic carbocycles. The predicted molar refractivity (Wildman–Crippen MR) is 107 cm³/mol. The van der Waals surface area contributed by atoms with Crippen molar-refractivity contribution < 1.29 is 9.18 Å². The van der Waals surface area contributed by atoms with Gasteiger partial charge >= 0.3 is 0 Å². The highest BCUT2D eigenvalue weighted by Crippen LogP contribution is 2.19. The van der Waals surface area contributed by atoms with Crippen LogP contribution in [0.4, 0.5) is 10.1 Å². The fourth-order valence-electron chi connectivity index (χ4n) is 2.53. The minimum Gasteiger partial charge on any atom is -0.376 e. The van der Waals surface area contributed by atoms with Crippen LogP contribution in [-0.4, -0.2) is 18.2 Å². The summed E-state index contributed by atoms with van der Waals surface area (Å²) in [5.74, 6) is -0.594. The Labute approximate surface area is 157 Å². The maximum atomic E-state index is 12.9. The van der Waals surface area contributed by atoms with Crippen LogP contribution in [0.3, 0.4) is 0 Å². The van der Waals surface area contributed by atoms with Crippen LogP contribution >= 0.6 is 0 Å². The number of hydrogen-bond acceptors (Lipinski definition) is 3. The Balaban J connectivity index is 1.55. The van der Waals surface area contributed by atoms with Gasteiger partial charge in [-0.2, -0.15) is 5.10 Å². The lowest BCUT2D eigenvalue weighted by Crippen LogP contribution is -2.26. The normalized spacial score (nSPS) is 11.1. The molecule has 0 saturated heterocycles. The number of benzene rings is 3. The summed E-state index contributed by atoms with van der Waals surface area (Å²) < 4.78 is 12.9. The highest BCUT2D eigenvalue weighted by molar-refractivity contribution is 5.99. The molecule has 0 saturated carbocycles. The molecule has 27 heavy (non-hydrogen) atoms. The Morgan fingerprint density at radius 1 is 0.889 bits per heavy atom. The minimum atomic E-state index is -0.316. The largest absolute Gasteiger partial charge is 0.376 e. The van der Waals surface area contributed by atoms with Gasteiger partial charge in [-0.25, -0.2) is 9.82 Å². The molecular formula is C22H20FN3O. The predicted octanol–water partition coefficient (Wildman–Crippen LogP) is 4.45. The van der Waals surface area contributed by atoms with Gasteiger partial charge in [0.15, 0.2) is 0 Å². The molecule has 5 heteroatoms. The Hall–Kier alpha value is -3.47. The van der Waals surface area contributed by atoms with Crippen molar-refractivity contribution in [2.45, 2.75) is 6.92 Å². The highest BCUT2D eigenvalue weighted by atomic mass is 19.1. The third-order valence-corrected chi connectivity index (χ3v) is 4.06. The van der Waals surface area contributed by atoms with E-state index in [4.69, 9.17) is 0 Å². The molecule has 3 aromatic rings. The number of hydrogen-bond donors (Lipinski definition) is 2. The van der Waals surface area contributed by atoms with Gasteiger partial charge in [0.25, 0.3) is 5.91 Å². The first-order valence-corrected chi connectivity index (χ1v) is 8.60. The summed E-state index contributed by atoms with van der Waals surface area (Å²) in [5.41, 5.74) is 7.11. The Kier molecular flexibility index (Phi) is 5.94. The number of amides is 1. The fraction of sp³-hybridized carbons (Fsp3) is 0.0909. The quantitative estimate of drug-likeness (QED) is 0.504. The number of carbonyl (C=O) groups excluding carboxylic acids is 1. The second kappa shape index (κ2) is 8.76. The summed E-state index contributed by atoms with van der Waals surface area (Å²) in [6, 6.07) is 23.9. The molecule has 4 nitrogen and oxygen atoms in total. The van der Waals surface area contributed by atoms with Crippen molar-refractivity contribution >= 4 is 17.3 Å². The van der Waals surface area contributed by atoms with E-state index in [0.29, 0.717) is 11.4 Å². The van der Waals surface area contributed by atoms with Crippen LogP contribution in [0.2, 0.25) is 0 Å². The summed E-state index contributed by atoms with van der Waals surface area (Å²) in [6.07, 6.45) is 0. The van der Waals surface area contributed by atoms with Gasteiger partial charge in [-0.3, -0.25) is 4.79 Å². The molecule has 3 rings (SSSR count). The van der Waals surface area contributed by atoms with Gasteiger partial charge in [-0.05, 0) is 47.9 Å². The average molecular weight is 361 g/mol. The summed E-state index contributed by atoms with van der Waals surface area (Å²) in [4.78, 5) is 11.9. The second-order valence-electron chi connectivity index (χ2n) is 6.04. The topological polar surface area (TPSA) is 53.5 Å². The van der Waals surface area contributed by atoms with E-state index >= 15 is 0 Å². The third kappa shape index (κ3) is 5.25. The first-order valence-electron chi connectivity index (χ1n) is 8.60. The van der Waals surface area contributed by atoms with Crippen molar-refractivity contribution in [3.05, 3.63) is 90.2 Å². The molecule has 0 radical (unpaired) electrons. The van der Waals surface area contributed by atoms with Crippen molar-refractivity contribution in [1.82, 2.24) is 5.43 Å². The van der Waals surface area contributed by atoms with E-state index in [0.717, 1.165) is 16.7 Å². The molecule has 0 bridgehead atoms. The molecule has 0 unspecified atom stereocenters. The molecular weight excluding hydrogens is 341 g/mol. The summed E-state index contributed by atoms with van der Waals surface area (Å²) in [5, 5.41) is 7.05. The number of rotatable bonds is 6. The molecule has 1 amide bonds.